The van der Waals surface area contributed by atoms with E-state index < -0.39 is 0 Å². The molecule has 102 valence electrons. The zero-order valence-corrected chi connectivity index (χ0v) is 12.1. The van der Waals surface area contributed by atoms with Crippen LogP contribution >= 0.6 is 11.8 Å². The van der Waals surface area contributed by atoms with Gasteiger partial charge in [-0.3, -0.25) is 0 Å². The summed E-state index contributed by atoms with van der Waals surface area (Å²) in [4.78, 5) is 0. The first-order chi connectivity index (χ1) is 8.36. The number of thioether (sulfide) groups is 1. The minimum Gasteiger partial charge on any atom is -0.385 e. The maximum atomic E-state index is 5.53. The normalized spacial score (nSPS) is 25.1. The van der Waals surface area contributed by atoms with Gasteiger partial charge in [0.15, 0.2) is 0 Å². The van der Waals surface area contributed by atoms with Gasteiger partial charge in [-0.05, 0) is 31.9 Å². The Labute approximate surface area is 110 Å². The fourth-order valence-corrected chi connectivity index (χ4v) is 3.11. The van der Waals surface area contributed by atoms with E-state index in [1.54, 1.807) is 7.11 Å². The van der Waals surface area contributed by atoms with E-state index in [9.17, 15) is 0 Å². The summed E-state index contributed by atoms with van der Waals surface area (Å²) in [5.41, 5.74) is 0. The van der Waals surface area contributed by atoms with E-state index >= 15 is 0 Å². The first-order valence-electron chi connectivity index (χ1n) is 6.69. The molecule has 1 saturated carbocycles. The Bertz CT molecular complexity index is 181. The third kappa shape index (κ3) is 7.29. The van der Waals surface area contributed by atoms with Crippen LogP contribution in [0, 0.1) is 0 Å². The van der Waals surface area contributed by atoms with Gasteiger partial charge in [-0.25, -0.2) is 0 Å². The number of hydrogen-bond acceptors (Lipinski definition) is 4. The maximum absolute atomic E-state index is 5.53. The lowest BCUT2D eigenvalue weighted by Gasteiger charge is -2.28. The molecule has 0 aromatic heterocycles. The van der Waals surface area contributed by atoms with Crippen LogP contribution in [0.2, 0.25) is 0 Å². The van der Waals surface area contributed by atoms with Crippen LogP contribution in [0.4, 0.5) is 0 Å². The van der Waals surface area contributed by atoms with E-state index in [-0.39, 0.29) is 0 Å². The average molecular weight is 261 g/mol. The van der Waals surface area contributed by atoms with Gasteiger partial charge in [-0.15, -0.1) is 0 Å². The fraction of sp³-hybridized carbons (Fsp3) is 1.00. The molecular weight excluding hydrogens is 234 g/mol. The van der Waals surface area contributed by atoms with Crippen molar-refractivity contribution in [3.8, 4) is 0 Å². The van der Waals surface area contributed by atoms with Crippen LogP contribution in [0.1, 0.15) is 32.1 Å². The SMILES string of the molecule is COCCCOCCNC1CCCC(SC)C1. The molecule has 0 saturated heterocycles. The molecule has 0 spiro atoms. The number of methoxy groups -OCH3 is 1. The Morgan fingerprint density at radius 2 is 2.12 bits per heavy atom. The first-order valence-corrected chi connectivity index (χ1v) is 7.98. The van der Waals surface area contributed by atoms with Gasteiger partial charge in [0.2, 0.25) is 0 Å². The van der Waals surface area contributed by atoms with Crippen molar-refractivity contribution in [1.29, 1.82) is 0 Å². The summed E-state index contributed by atoms with van der Waals surface area (Å²) in [6.45, 7) is 3.42. The second-order valence-electron chi connectivity index (χ2n) is 4.63. The Hall–Kier alpha value is 0.230. The zero-order valence-electron chi connectivity index (χ0n) is 11.2. The topological polar surface area (TPSA) is 30.5 Å². The summed E-state index contributed by atoms with van der Waals surface area (Å²) >= 11 is 2.02. The fourth-order valence-electron chi connectivity index (χ4n) is 2.29. The molecule has 0 aromatic rings. The second kappa shape index (κ2) is 10.2. The Balaban J connectivity index is 1.91. The lowest BCUT2D eigenvalue weighted by Crippen LogP contribution is -2.37. The van der Waals surface area contributed by atoms with Crippen molar-refractivity contribution in [1.82, 2.24) is 5.32 Å². The standard InChI is InChI=1S/C13H27NO2S/c1-15-8-4-9-16-10-7-14-12-5-3-6-13(11-12)17-2/h12-14H,3-11H2,1-2H3. The summed E-state index contributed by atoms with van der Waals surface area (Å²) in [5.74, 6) is 0. The van der Waals surface area contributed by atoms with Gasteiger partial charge >= 0.3 is 0 Å². The number of rotatable bonds is 9. The molecule has 3 nitrogen and oxygen atoms in total. The molecule has 2 atom stereocenters. The molecule has 0 amide bonds. The van der Waals surface area contributed by atoms with Crippen LogP contribution in [-0.2, 0) is 9.47 Å². The molecule has 0 aliphatic heterocycles. The monoisotopic (exact) mass is 261 g/mol. The molecule has 0 heterocycles. The van der Waals surface area contributed by atoms with Crippen LogP contribution < -0.4 is 5.32 Å². The van der Waals surface area contributed by atoms with E-state index in [1.807, 2.05) is 11.8 Å². The van der Waals surface area contributed by atoms with Crippen LogP contribution in [0.15, 0.2) is 0 Å². The minimum absolute atomic E-state index is 0.712. The molecule has 17 heavy (non-hydrogen) atoms. The number of ether oxygens (including phenoxy) is 2. The van der Waals surface area contributed by atoms with Crippen molar-refractivity contribution >= 4 is 11.8 Å². The van der Waals surface area contributed by atoms with E-state index in [0.29, 0.717) is 6.04 Å². The van der Waals surface area contributed by atoms with Gasteiger partial charge in [0.25, 0.3) is 0 Å². The van der Waals surface area contributed by atoms with Crippen molar-refractivity contribution in [2.75, 3.05) is 39.7 Å². The molecule has 1 aliphatic rings. The van der Waals surface area contributed by atoms with Crippen LogP contribution in [0.25, 0.3) is 0 Å². The van der Waals surface area contributed by atoms with Gasteiger partial charge in [0.1, 0.15) is 0 Å². The van der Waals surface area contributed by atoms with Crippen LogP contribution in [0.5, 0.6) is 0 Å². The average Bonchev–Trinajstić information content (AvgIpc) is 2.38. The molecule has 1 fully saturated rings. The van der Waals surface area contributed by atoms with Crippen molar-refractivity contribution in [2.45, 2.75) is 43.4 Å². The Morgan fingerprint density at radius 1 is 1.24 bits per heavy atom. The van der Waals surface area contributed by atoms with E-state index in [0.717, 1.165) is 38.0 Å². The van der Waals surface area contributed by atoms with Gasteiger partial charge in [-0.1, -0.05) is 6.42 Å². The molecule has 4 heteroatoms. The third-order valence-corrected chi connectivity index (χ3v) is 4.37. The Kier molecular flexibility index (Phi) is 9.16. The van der Waals surface area contributed by atoms with Crippen molar-refractivity contribution in [3.05, 3.63) is 0 Å². The van der Waals surface area contributed by atoms with Gasteiger partial charge in [0.05, 0.1) is 6.61 Å². The largest absolute Gasteiger partial charge is 0.385 e. The van der Waals surface area contributed by atoms with Crippen LogP contribution in [-0.4, -0.2) is 51.0 Å². The minimum atomic E-state index is 0.712. The molecule has 1 rings (SSSR count). The van der Waals surface area contributed by atoms with Crippen molar-refractivity contribution in [2.24, 2.45) is 0 Å². The number of nitrogens with one attached hydrogen (secondary N) is 1. The summed E-state index contributed by atoms with van der Waals surface area (Å²) < 4.78 is 10.5. The Morgan fingerprint density at radius 3 is 2.88 bits per heavy atom. The molecule has 1 aliphatic carbocycles. The maximum Gasteiger partial charge on any atom is 0.0591 e. The predicted octanol–water partition coefficient (Wildman–Crippen LogP) is 2.30. The molecule has 1 N–H and O–H groups in total. The first kappa shape index (κ1) is 15.3. The third-order valence-electron chi connectivity index (χ3n) is 3.28. The van der Waals surface area contributed by atoms with Crippen molar-refractivity contribution in [3.63, 3.8) is 0 Å². The van der Waals surface area contributed by atoms with Crippen LogP contribution in [0.3, 0.4) is 0 Å². The smallest absolute Gasteiger partial charge is 0.0591 e. The molecular formula is C13H27NO2S. The predicted molar refractivity (Wildman–Crippen MR) is 74.9 cm³/mol. The van der Waals surface area contributed by atoms with E-state index in [4.69, 9.17) is 9.47 Å². The zero-order chi connectivity index (χ0) is 12.3. The summed E-state index contributed by atoms with van der Waals surface area (Å²) in [7, 11) is 1.73. The molecule has 0 radical (unpaired) electrons. The summed E-state index contributed by atoms with van der Waals surface area (Å²) in [6, 6.07) is 0.712. The molecule has 2 unspecified atom stereocenters. The van der Waals surface area contributed by atoms with E-state index in [2.05, 4.69) is 11.6 Å². The lowest BCUT2D eigenvalue weighted by molar-refractivity contribution is 0.102. The molecule has 0 aromatic carbocycles. The highest BCUT2D eigenvalue weighted by atomic mass is 32.2. The highest BCUT2D eigenvalue weighted by molar-refractivity contribution is 7.99. The van der Waals surface area contributed by atoms with Gasteiger partial charge < -0.3 is 14.8 Å². The summed E-state index contributed by atoms with van der Waals surface area (Å²) in [6.07, 6.45) is 8.65. The van der Waals surface area contributed by atoms with Gasteiger partial charge in [-0.2, -0.15) is 11.8 Å². The quantitative estimate of drug-likeness (QED) is 0.645. The molecule has 0 bridgehead atoms. The lowest BCUT2D eigenvalue weighted by atomic mass is 9.95. The highest BCUT2D eigenvalue weighted by Gasteiger charge is 2.20. The number of hydrogen-bond donors (Lipinski definition) is 1. The van der Waals surface area contributed by atoms with Crippen molar-refractivity contribution < 1.29 is 9.47 Å². The van der Waals surface area contributed by atoms with Gasteiger partial charge in [0, 0.05) is 38.2 Å². The van der Waals surface area contributed by atoms with E-state index in [1.165, 1.54) is 25.7 Å². The second-order valence-corrected chi connectivity index (χ2v) is 5.77. The summed E-state index contributed by atoms with van der Waals surface area (Å²) in [5, 5.41) is 4.47. The highest BCUT2D eigenvalue weighted by Crippen LogP contribution is 2.26.